The molecule has 0 aromatic carbocycles. The summed E-state index contributed by atoms with van der Waals surface area (Å²) in [6.07, 6.45) is 91.9. The lowest BCUT2D eigenvalue weighted by Crippen LogP contribution is -2.37. The van der Waals surface area contributed by atoms with Crippen LogP contribution in [0.1, 0.15) is 425 Å². The van der Waals surface area contributed by atoms with Crippen LogP contribution in [0.15, 0.2) is 24.3 Å². The van der Waals surface area contributed by atoms with Crippen molar-refractivity contribution in [3.8, 4) is 0 Å². The first-order valence-corrected chi connectivity index (χ1v) is 41.6. The zero-order valence-corrected chi connectivity index (χ0v) is 62.1. The van der Waals surface area contributed by atoms with Crippen molar-refractivity contribution in [2.75, 3.05) is 47.5 Å². The highest BCUT2D eigenvalue weighted by atomic mass is 31.2. The van der Waals surface area contributed by atoms with Crippen LogP contribution in [0, 0.1) is 0 Å². The van der Waals surface area contributed by atoms with Gasteiger partial charge < -0.3 is 18.9 Å². The van der Waals surface area contributed by atoms with E-state index in [1.807, 2.05) is 21.1 Å². The molecule has 0 bridgehead atoms. The first kappa shape index (κ1) is 88.5. The van der Waals surface area contributed by atoms with Crippen LogP contribution in [-0.4, -0.2) is 74.9 Å². The fourth-order valence-electron chi connectivity index (χ4n) is 12.3. The number of unbranched alkanes of at least 4 members (excludes halogenated alkanes) is 58. The van der Waals surface area contributed by atoms with Crippen molar-refractivity contribution in [1.82, 2.24) is 0 Å². The van der Waals surface area contributed by atoms with Crippen LogP contribution < -0.4 is 0 Å². The lowest BCUT2D eigenvalue weighted by molar-refractivity contribution is -0.870. The largest absolute Gasteiger partial charge is 0.472 e. The summed E-state index contributed by atoms with van der Waals surface area (Å²) in [6.45, 7) is 4.52. The van der Waals surface area contributed by atoms with Crippen molar-refractivity contribution < 1.29 is 42.1 Å². The number of quaternary nitrogens is 1. The molecule has 0 heterocycles. The number of hydrogen-bond acceptors (Lipinski definition) is 7. The number of allylic oxidation sites excluding steroid dienone is 4. The maximum atomic E-state index is 12.9. The molecule has 0 aliphatic heterocycles. The highest BCUT2D eigenvalue weighted by Gasteiger charge is 2.27. The van der Waals surface area contributed by atoms with E-state index in [9.17, 15) is 19.0 Å². The fourth-order valence-corrected chi connectivity index (χ4v) is 13.1. The number of rotatable bonds is 76. The van der Waals surface area contributed by atoms with Crippen molar-refractivity contribution >= 4 is 19.8 Å². The van der Waals surface area contributed by atoms with Gasteiger partial charge in [0.05, 0.1) is 27.7 Å². The minimum atomic E-state index is -4.39. The summed E-state index contributed by atoms with van der Waals surface area (Å²) in [4.78, 5) is 36.0. The third kappa shape index (κ3) is 75.5. The first-order valence-electron chi connectivity index (χ1n) is 40.1. The fraction of sp³-hybridized carbons (Fsp3) is 0.925. The Bertz CT molecular complexity index is 1560. The molecule has 2 atom stereocenters. The summed E-state index contributed by atoms with van der Waals surface area (Å²) in [5.41, 5.74) is 0. The Labute approximate surface area is 561 Å². The van der Waals surface area contributed by atoms with Gasteiger partial charge in [0.2, 0.25) is 0 Å². The molecule has 1 N–H and O–H groups in total. The Kier molecular flexibility index (Phi) is 70.6. The summed E-state index contributed by atoms with van der Waals surface area (Å²) in [5.74, 6) is -0.768. The molecular formula is C80H157NO8P+. The second-order valence-electron chi connectivity index (χ2n) is 28.8. The van der Waals surface area contributed by atoms with Crippen molar-refractivity contribution in [1.29, 1.82) is 0 Å². The summed E-state index contributed by atoms with van der Waals surface area (Å²) >= 11 is 0. The molecule has 0 radical (unpaired) electrons. The molecule has 0 saturated heterocycles. The number of carbonyl (C=O) groups excluding carboxylic acids is 2. The molecule has 90 heavy (non-hydrogen) atoms. The van der Waals surface area contributed by atoms with E-state index in [4.69, 9.17) is 18.5 Å². The molecule has 0 rings (SSSR count). The second kappa shape index (κ2) is 71.8. The highest BCUT2D eigenvalue weighted by Crippen LogP contribution is 2.43. The van der Waals surface area contributed by atoms with Gasteiger partial charge in [-0.25, -0.2) is 4.57 Å². The second-order valence-corrected chi connectivity index (χ2v) is 30.3. The molecule has 9 nitrogen and oxygen atoms in total. The Morgan fingerprint density at radius 3 is 0.878 bits per heavy atom. The van der Waals surface area contributed by atoms with E-state index >= 15 is 0 Å². The monoisotopic (exact) mass is 1290 g/mol. The molecule has 0 saturated carbocycles. The predicted molar refractivity (Wildman–Crippen MR) is 391 cm³/mol. The van der Waals surface area contributed by atoms with Crippen LogP contribution in [0.25, 0.3) is 0 Å². The zero-order chi connectivity index (χ0) is 65.5. The number of hydrogen-bond donors (Lipinski definition) is 1. The smallest absolute Gasteiger partial charge is 0.462 e. The maximum Gasteiger partial charge on any atom is 0.472 e. The molecule has 534 valence electrons. The van der Waals surface area contributed by atoms with E-state index in [0.717, 1.165) is 44.9 Å². The molecule has 0 aliphatic rings. The van der Waals surface area contributed by atoms with Gasteiger partial charge in [-0.15, -0.1) is 0 Å². The topological polar surface area (TPSA) is 108 Å². The zero-order valence-electron chi connectivity index (χ0n) is 61.2. The molecule has 2 unspecified atom stereocenters. The quantitative estimate of drug-likeness (QED) is 0.0211. The Hall–Kier alpha value is -1.51. The third-order valence-electron chi connectivity index (χ3n) is 18.5. The molecule has 0 amide bonds. The van der Waals surface area contributed by atoms with E-state index < -0.39 is 26.5 Å². The number of phosphoric ester groups is 1. The minimum Gasteiger partial charge on any atom is -0.462 e. The van der Waals surface area contributed by atoms with Crippen molar-refractivity contribution in [2.45, 2.75) is 431 Å². The van der Waals surface area contributed by atoms with Gasteiger partial charge >= 0.3 is 19.8 Å². The summed E-state index contributed by atoms with van der Waals surface area (Å²) in [7, 11) is 1.51. The predicted octanol–water partition coefficient (Wildman–Crippen LogP) is 26.4. The summed E-state index contributed by atoms with van der Waals surface area (Å²) < 4.78 is 34.8. The Morgan fingerprint density at radius 2 is 0.600 bits per heavy atom. The van der Waals surface area contributed by atoms with E-state index in [-0.39, 0.29) is 25.6 Å². The molecular weight excluding hydrogens is 1130 g/mol. The molecule has 0 aromatic heterocycles. The standard InChI is InChI=1S/C80H156NO8P/c1-6-8-10-12-14-16-18-20-22-24-26-28-30-32-34-36-38-39-40-41-43-45-47-49-51-53-55-57-59-61-63-65-67-69-71-73-80(83)89-78(77-88-90(84,85)87-75-74-81(3,4)5)76-86-79(82)72-70-68-66-64-62-60-58-56-54-52-50-48-46-44-42-37-35-33-31-29-27-25-23-21-19-17-15-13-11-9-7-2/h18,20,24,26,78H,6-17,19,21-23,25,27-77H2,1-5H3/p+1/b20-18-,26-24-. The van der Waals surface area contributed by atoms with Crippen LogP contribution in [-0.2, 0) is 32.7 Å². The van der Waals surface area contributed by atoms with Crippen molar-refractivity contribution in [2.24, 2.45) is 0 Å². The van der Waals surface area contributed by atoms with Crippen molar-refractivity contribution in [3.63, 3.8) is 0 Å². The number of nitrogens with zero attached hydrogens (tertiary/aromatic N) is 1. The van der Waals surface area contributed by atoms with Gasteiger partial charge in [0.1, 0.15) is 19.8 Å². The molecule has 0 aromatic rings. The van der Waals surface area contributed by atoms with E-state index in [1.54, 1.807) is 0 Å². The minimum absolute atomic E-state index is 0.0363. The van der Waals surface area contributed by atoms with Gasteiger partial charge in [-0.2, -0.15) is 0 Å². The van der Waals surface area contributed by atoms with Crippen LogP contribution in [0.4, 0.5) is 0 Å². The van der Waals surface area contributed by atoms with Gasteiger partial charge in [-0.3, -0.25) is 18.6 Å². The van der Waals surface area contributed by atoms with E-state index in [0.29, 0.717) is 17.4 Å². The average Bonchev–Trinajstić information content (AvgIpc) is 3.61. The third-order valence-corrected chi connectivity index (χ3v) is 19.5. The van der Waals surface area contributed by atoms with Crippen LogP contribution in [0.5, 0.6) is 0 Å². The number of phosphoric acid groups is 1. The first-order chi connectivity index (χ1) is 44.0. The average molecular weight is 1290 g/mol. The number of likely N-dealkylation sites (N-methyl/N-ethyl adjacent to an activating group) is 1. The van der Waals surface area contributed by atoms with Crippen molar-refractivity contribution in [3.05, 3.63) is 24.3 Å². The Balaban J connectivity index is 3.90. The van der Waals surface area contributed by atoms with Crippen LogP contribution in [0.3, 0.4) is 0 Å². The molecule has 0 fully saturated rings. The number of ether oxygens (including phenoxy) is 2. The molecule has 10 heteroatoms. The molecule has 0 aliphatic carbocycles. The van der Waals surface area contributed by atoms with Gasteiger partial charge in [0.25, 0.3) is 0 Å². The normalized spacial score (nSPS) is 13.1. The van der Waals surface area contributed by atoms with E-state index in [1.165, 1.54) is 353 Å². The Morgan fingerprint density at radius 1 is 0.344 bits per heavy atom. The number of esters is 2. The van der Waals surface area contributed by atoms with Gasteiger partial charge in [-0.05, 0) is 44.9 Å². The number of carbonyl (C=O) groups is 2. The lowest BCUT2D eigenvalue weighted by atomic mass is 10.0. The van der Waals surface area contributed by atoms with Gasteiger partial charge in [0.15, 0.2) is 6.10 Å². The van der Waals surface area contributed by atoms with Gasteiger partial charge in [0, 0.05) is 12.8 Å². The van der Waals surface area contributed by atoms with Gasteiger partial charge in [-0.1, -0.05) is 391 Å². The molecule has 0 spiro atoms. The SMILES string of the molecule is CCCCCCC/C=C\C/C=C\CCCCCCCCCCCCCCCCCCCCCCCCCC(=O)OC(COC(=O)CCCCCCCCCCCCCCCCCCCCCCCCCCCCCCCCC)COP(=O)(O)OCC[N+](C)(C)C. The van der Waals surface area contributed by atoms with Crippen LogP contribution >= 0.6 is 7.82 Å². The summed E-state index contributed by atoms with van der Waals surface area (Å²) in [5, 5.41) is 0. The van der Waals surface area contributed by atoms with Crippen LogP contribution in [0.2, 0.25) is 0 Å². The lowest BCUT2D eigenvalue weighted by Gasteiger charge is -2.24. The summed E-state index contributed by atoms with van der Waals surface area (Å²) in [6, 6.07) is 0. The maximum absolute atomic E-state index is 12.9. The highest BCUT2D eigenvalue weighted by molar-refractivity contribution is 7.47. The van der Waals surface area contributed by atoms with E-state index in [2.05, 4.69) is 38.2 Å².